The fourth-order valence-electron chi connectivity index (χ4n) is 1.56. The number of halogens is 1. The van der Waals surface area contributed by atoms with Gasteiger partial charge >= 0.3 is 0 Å². The minimum Gasteiger partial charge on any atom is -0.464 e. The Bertz CT molecular complexity index is 447. The quantitative estimate of drug-likeness (QED) is 0.729. The Morgan fingerprint density at radius 1 is 1.36 bits per heavy atom. The van der Waals surface area contributed by atoms with Crippen LogP contribution in [0.5, 0.6) is 0 Å². The third-order valence-electron chi connectivity index (χ3n) is 2.11. The first kappa shape index (κ1) is 9.21. The van der Waals surface area contributed by atoms with Crippen molar-refractivity contribution >= 4 is 11.0 Å². The van der Waals surface area contributed by atoms with Crippen LogP contribution in [0.1, 0.15) is 5.56 Å². The Labute approximate surface area is 81.9 Å². The molecule has 0 saturated heterocycles. The Morgan fingerprint density at radius 3 is 2.86 bits per heavy atom. The molecule has 2 rings (SSSR count). The fraction of sp³-hybridized carbons (Fsp3) is 0.273. The maximum Gasteiger partial charge on any atom is 0.137 e. The molecule has 0 N–H and O–H groups in total. The average Bonchev–Trinajstić information content (AvgIpc) is 2.49. The molecule has 0 atom stereocenters. The summed E-state index contributed by atoms with van der Waals surface area (Å²) in [5.41, 5.74) is 1.50. The molecule has 1 aromatic carbocycles. The minimum atomic E-state index is -0.215. The van der Waals surface area contributed by atoms with Gasteiger partial charge in [-0.1, -0.05) is 6.07 Å². The van der Waals surface area contributed by atoms with Gasteiger partial charge < -0.3 is 9.32 Å². The summed E-state index contributed by atoms with van der Waals surface area (Å²) >= 11 is 0. The van der Waals surface area contributed by atoms with Crippen LogP contribution in [0.2, 0.25) is 0 Å². The molecule has 0 amide bonds. The molecule has 0 unspecified atom stereocenters. The molecule has 3 heteroatoms. The van der Waals surface area contributed by atoms with E-state index >= 15 is 0 Å². The normalized spacial score (nSPS) is 11.4. The Hall–Kier alpha value is -1.35. The van der Waals surface area contributed by atoms with Crippen LogP contribution in [0.3, 0.4) is 0 Å². The molecule has 0 bridgehead atoms. The van der Waals surface area contributed by atoms with Gasteiger partial charge in [0, 0.05) is 12.1 Å². The van der Waals surface area contributed by atoms with Gasteiger partial charge in [-0.2, -0.15) is 0 Å². The Morgan fingerprint density at radius 2 is 2.14 bits per heavy atom. The zero-order valence-electron chi connectivity index (χ0n) is 8.25. The van der Waals surface area contributed by atoms with Crippen LogP contribution in [0.15, 0.2) is 28.9 Å². The summed E-state index contributed by atoms with van der Waals surface area (Å²) < 4.78 is 18.7. The second kappa shape index (κ2) is 3.42. The van der Waals surface area contributed by atoms with Crippen molar-refractivity contribution in [3.8, 4) is 0 Å². The van der Waals surface area contributed by atoms with E-state index in [2.05, 4.69) is 0 Å². The van der Waals surface area contributed by atoms with Gasteiger partial charge in [0.25, 0.3) is 0 Å². The number of furan rings is 1. The van der Waals surface area contributed by atoms with E-state index in [4.69, 9.17) is 4.42 Å². The zero-order chi connectivity index (χ0) is 10.1. The Balaban J connectivity index is 2.55. The third-order valence-corrected chi connectivity index (χ3v) is 2.11. The van der Waals surface area contributed by atoms with Crippen LogP contribution in [0, 0.1) is 5.82 Å². The molecular formula is C11H12FNO. The largest absolute Gasteiger partial charge is 0.464 e. The second-order valence-electron chi connectivity index (χ2n) is 3.61. The number of hydrogen-bond acceptors (Lipinski definition) is 2. The lowest BCUT2D eigenvalue weighted by molar-refractivity contribution is 0.401. The molecule has 74 valence electrons. The highest BCUT2D eigenvalue weighted by atomic mass is 19.1. The average molecular weight is 193 g/mol. The van der Waals surface area contributed by atoms with Crippen molar-refractivity contribution < 1.29 is 8.81 Å². The molecule has 1 heterocycles. The molecule has 0 aliphatic heterocycles. The van der Waals surface area contributed by atoms with Gasteiger partial charge in [-0.25, -0.2) is 4.39 Å². The lowest BCUT2D eigenvalue weighted by atomic mass is 10.1. The van der Waals surface area contributed by atoms with Crippen molar-refractivity contribution in [3.63, 3.8) is 0 Å². The summed E-state index contributed by atoms with van der Waals surface area (Å²) in [5.74, 6) is -0.215. The first-order chi connectivity index (χ1) is 6.68. The van der Waals surface area contributed by atoms with E-state index in [9.17, 15) is 4.39 Å². The predicted molar refractivity (Wildman–Crippen MR) is 53.6 cm³/mol. The molecule has 2 nitrogen and oxygen atoms in total. The standard InChI is InChI=1S/C11H12FNO/c1-13(2)6-8-7-14-10-5-3-4-9(12)11(8)10/h3-5,7H,6H2,1-2H3. The molecular weight excluding hydrogens is 181 g/mol. The van der Waals surface area contributed by atoms with Gasteiger partial charge in [0.15, 0.2) is 0 Å². The minimum absolute atomic E-state index is 0.215. The molecule has 2 aromatic rings. The highest BCUT2D eigenvalue weighted by molar-refractivity contribution is 5.81. The van der Waals surface area contributed by atoms with E-state index in [1.165, 1.54) is 6.07 Å². The van der Waals surface area contributed by atoms with Crippen molar-refractivity contribution in [2.75, 3.05) is 14.1 Å². The van der Waals surface area contributed by atoms with Crippen molar-refractivity contribution in [2.24, 2.45) is 0 Å². The van der Waals surface area contributed by atoms with Crippen molar-refractivity contribution in [1.82, 2.24) is 4.90 Å². The fourth-order valence-corrected chi connectivity index (χ4v) is 1.56. The SMILES string of the molecule is CN(C)Cc1coc2cccc(F)c12. The molecule has 0 fully saturated rings. The van der Waals surface area contributed by atoms with E-state index in [1.807, 2.05) is 19.0 Å². The van der Waals surface area contributed by atoms with E-state index < -0.39 is 0 Å². The van der Waals surface area contributed by atoms with Gasteiger partial charge in [0.1, 0.15) is 11.4 Å². The van der Waals surface area contributed by atoms with Crippen LogP contribution in [-0.2, 0) is 6.54 Å². The van der Waals surface area contributed by atoms with Gasteiger partial charge in [0.2, 0.25) is 0 Å². The number of benzene rings is 1. The first-order valence-electron chi connectivity index (χ1n) is 4.48. The summed E-state index contributed by atoms with van der Waals surface area (Å²) in [5, 5.41) is 0.598. The molecule has 0 saturated carbocycles. The number of fused-ring (bicyclic) bond motifs is 1. The number of nitrogens with zero attached hydrogens (tertiary/aromatic N) is 1. The third kappa shape index (κ3) is 1.51. The molecule has 1 aromatic heterocycles. The summed E-state index contributed by atoms with van der Waals surface area (Å²) in [4.78, 5) is 1.98. The maximum absolute atomic E-state index is 13.5. The van der Waals surface area contributed by atoms with Crippen molar-refractivity contribution in [1.29, 1.82) is 0 Å². The molecule has 0 spiro atoms. The predicted octanol–water partition coefficient (Wildman–Crippen LogP) is 2.63. The van der Waals surface area contributed by atoms with Crippen LogP contribution in [0.25, 0.3) is 11.0 Å². The maximum atomic E-state index is 13.5. The summed E-state index contributed by atoms with van der Waals surface area (Å²) in [6, 6.07) is 4.88. The smallest absolute Gasteiger partial charge is 0.137 e. The van der Waals surface area contributed by atoms with Gasteiger partial charge in [0.05, 0.1) is 11.6 Å². The van der Waals surface area contributed by atoms with E-state index in [0.29, 0.717) is 17.5 Å². The van der Waals surface area contributed by atoms with Gasteiger partial charge in [-0.05, 0) is 26.2 Å². The zero-order valence-corrected chi connectivity index (χ0v) is 8.25. The van der Waals surface area contributed by atoms with E-state index in [0.717, 1.165) is 5.56 Å². The molecule has 0 aliphatic carbocycles. The number of rotatable bonds is 2. The molecule has 0 aliphatic rings. The van der Waals surface area contributed by atoms with Crippen LogP contribution in [-0.4, -0.2) is 19.0 Å². The number of hydrogen-bond donors (Lipinski definition) is 0. The summed E-state index contributed by atoms with van der Waals surface area (Å²) in [6.07, 6.45) is 1.62. The highest BCUT2D eigenvalue weighted by Gasteiger charge is 2.10. The van der Waals surface area contributed by atoms with E-state index in [1.54, 1.807) is 18.4 Å². The summed E-state index contributed by atoms with van der Waals surface area (Å²) in [6.45, 7) is 0.688. The summed E-state index contributed by atoms with van der Waals surface area (Å²) in [7, 11) is 3.89. The first-order valence-corrected chi connectivity index (χ1v) is 4.48. The van der Waals surface area contributed by atoms with E-state index in [-0.39, 0.29) is 5.82 Å². The van der Waals surface area contributed by atoms with Crippen molar-refractivity contribution in [3.05, 3.63) is 35.8 Å². The van der Waals surface area contributed by atoms with Crippen LogP contribution in [0.4, 0.5) is 4.39 Å². The van der Waals surface area contributed by atoms with Gasteiger partial charge in [-0.3, -0.25) is 0 Å². The van der Waals surface area contributed by atoms with Crippen molar-refractivity contribution in [2.45, 2.75) is 6.54 Å². The molecule has 0 radical (unpaired) electrons. The topological polar surface area (TPSA) is 16.4 Å². The monoisotopic (exact) mass is 193 g/mol. The second-order valence-corrected chi connectivity index (χ2v) is 3.61. The lowest BCUT2D eigenvalue weighted by Gasteiger charge is -2.07. The van der Waals surface area contributed by atoms with Crippen LogP contribution >= 0.6 is 0 Å². The van der Waals surface area contributed by atoms with Crippen LogP contribution < -0.4 is 0 Å². The highest BCUT2D eigenvalue weighted by Crippen LogP contribution is 2.24. The lowest BCUT2D eigenvalue weighted by Crippen LogP contribution is -2.10. The Kier molecular flexibility index (Phi) is 2.25. The van der Waals surface area contributed by atoms with Gasteiger partial charge in [-0.15, -0.1) is 0 Å². The molecule has 14 heavy (non-hydrogen) atoms.